The predicted molar refractivity (Wildman–Crippen MR) is 73.6 cm³/mol. The van der Waals surface area contributed by atoms with E-state index in [1.807, 2.05) is 0 Å². The summed E-state index contributed by atoms with van der Waals surface area (Å²) in [5.41, 5.74) is 0. The van der Waals surface area contributed by atoms with Gasteiger partial charge in [0.1, 0.15) is 0 Å². The zero-order valence-corrected chi connectivity index (χ0v) is 11.9. The van der Waals surface area contributed by atoms with Crippen molar-refractivity contribution in [3.05, 3.63) is 0 Å². The van der Waals surface area contributed by atoms with Crippen molar-refractivity contribution >= 4 is 5.96 Å². The number of hydrogen-bond acceptors (Lipinski definition) is 3. The lowest BCUT2D eigenvalue weighted by atomic mass is 10.3. The Labute approximate surface area is 106 Å². The highest BCUT2D eigenvalue weighted by Gasteiger charge is 2.09. The van der Waals surface area contributed by atoms with Gasteiger partial charge in [-0.25, -0.2) is 0 Å². The number of nitrogens with zero attached hydrogens (tertiary/aromatic N) is 2. The minimum Gasteiger partial charge on any atom is -0.383 e. The molecule has 0 rings (SSSR count). The third-order valence-corrected chi connectivity index (χ3v) is 2.82. The topological polar surface area (TPSA) is 48.9 Å². The smallest absolute Gasteiger partial charge is 0.191 e. The van der Waals surface area contributed by atoms with Gasteiger partial charge in [-0.15, -0.1) is 0 Å². The highest BCUT2D eigenvalue weighted by atomic mass is 16.5. The fraction of sp³-hybridized carbons (Fsp3) is 0.917. The summed E-state index contributed by atoms with van der Waals surface area (Å²) in [6, 6.07) is 0.506. The minimum absolute atomic E-state index is 0.506. The summed E-state index contributed by atoms with van der Waals surface area (Å²) in [7, 11) is 3.48. The highest BCUT2D eigenvalue weighted by Crippen LogP contribution is 1.96. The Hall–Kier alpha value is -0.810. The summed E-state index contributed by atoms with van der Waals surface area (Å²) in [4.78, 5) is 6.58. The van der Waals surface area contributed by atoms with Gasteiger partial charge in [0.2, 0.25) is 0 Å². The van der Waals surface area contributed by atoms with Gasteiger partial charge in [-0.2, -0.15) is 0 Å². The van der Waals surface area contributed by atoms with Gasteiger partial charge in [0, 0.05) is 33.3 Å². The van der Waals surface area contributed by atoms with Crippen molar-refractivity contribution < 1.29 is 4.74 Å². The van der Waals surface area contributed by atoms with Crippen LogP contribution in [0.2, 0.25) is 0 Å². The largest absolute Gasteiger partial charge is 0.383 e. The number of aliphatic imine (C=N–C) groups is 1. The number of likely N-dealkylation sites (N-methyl/N-ethyl adjacent to an activating group) is 1. The van der Waals surface area contributed by atoms with Crippen LogP contribution < -0.4 is 10.6 Å². The van der Waals surface area contributed by atoms with E-state index in [-0.39, 0.29) is 0 Å². The summed E-state index contributed by atoms with van der Waals surface area (Å²) in [6.45, 7) is 11.1. The van der Waals surface area contributed by atoms with Crippen molar-refractivity contribution in [1.82, 2.24) is 15.5 Å². The summed E-state index contributed by atoms with van der Waals surface area (Å²) < 4.78 is 4.98. The lowest BCUT2D eigenvalue weighted by Gasteiger charge is -2.27. The fourth-order valence-electron chi connectivity index (χ4n) is 1.71. The van der Waals surface area contributed by atoms with Gasteiger partial charge in [-0.3, -0.25) is 9.89 Å². The van der Waals surface area contributed by atoms with E-state index >= 15 is 0 Å². The van der Waals surface area contributed by atoms with Crippen LogP contribution >= 0.6 is 0 Å². The molecule has 0 aromatic heterocycles. The zero-order chi connectivity index (χ0) is 13.1. The molecule has 0 aliphatic rings. The molecule has 17 heavy (non-hydrogen) atoms. The van der Waals surface area contributed by atoms with E-state index in [9.17, 15) is 0 Å². The average molecular weight is 244 g/mol. The molecule has 5 nitrogen and oxygen atoms in total. The Balaban J connectivity index is 3.89. The van der Waals surface area contributed by atoms with E-state index in [2.05, 4.69) is 41.3 Å². The summed E-state index contributed by atoms with van der Waals surface area (Å²) in [5, 5.41) is 6.51. The first kappa shape index (κ1) is 16.2. The number of methoxy groups -OCH3 is 1. The standard InChI is InChI=1S/C12H28N4O/c1-6-16(7-2)11(3)10-15-12(13-4)14-8-9-17-5/h11H,6-10H2,1-5H3,(H2,13,14,15). The third kappa shape index (κ3) is 7.18. The van der Waals surface area contributed by atoms with Crippen LogP contribution in [0.1, 0.15) is 20.8 Å². The van der Waals surface area contributed by atoms with Crippen molar-refractivity contribution in [3.63, 3.8) is 0 Å². The molecule has 5 heteroatoms. The molecule has 0 bridgehead atoms. The second kappa shape index (κ2) is 10.4. The first-order valence-electron chi connectivity index (χ1n) is 6.37. The Morgan fingerprint density at radius 3 is 2.41 bits per heavy atom. The maximum absolute atomic E-state index is 4.98. The molecule has 0 spiro atoms. The predicted octanol–water partition coefficient (Wildman–Crippen LogP) is 0.528. The maximum Gasteiger partial charge on any atom is 0.191 e. The van der Waals surface area contributed by atoms with E-state index in [4.69, 9.17) is 4.74 Å². The van der Waals surface area contributed by atoms with Gasteiger partial charge < -0.3 is 15.4 Å². The highest BCUT2D eigenvalue weighted by molar-refractivity contribution is 5.79. The van der Waals surface area contributed by atoms with Gasteiger partial charge in [-0.05, 0) is 20.0 Å². The van der Waals surface area contributed by atoms with Crippen LogP contribution in [-0.4, -0.2) is 63.8 Å². The van der Waals surface area contributed by atoms with Gasteiger partial charge in [0.05, 0.1) is 6.61 Å². The van der Waals surface area contributed by atoms with Crippen LogP contribution in [-0.2, 0) is 4.74 Å². The summed E-state index contributed by atoms with van der Waals surface area (Å²) in [5.74, 6) is 0.834. The second-order valence-corrected chi connectivity index (χ2v) is 3.94. The lowest BCUT2D eigenvalue weighted by Crippen LogP contribution is -2.46. The van der Waals surface area contributed by atoms with Gasteiger partial charge in [0.15, 0.2) is 5.96 Å². The minimum atomic E-state index is 0.506. The van der Waals surface area contributed by atoms with Crippen molar-refractivity contribution in [1.29, 1.82) is 0 Å². The molecule has 1 atom stereocenters. The number of rotatable bonds is 8. The molecule has 0 amide bonds. The van der Waals surface area contributed by atoms with Crippen molar-refractivity contribution in [2.24, 2.45) is 4.99 Å². The molecule has 2 N–H and O–H groups in total. The van der Waals surface area contributed by atoms with Crippen LogP contribution in [0.15, 0.2) is 4.99 Å². The maximum atomic E-state index is 4.98. The quantitative estimate of drug-likeness (QED) is 0.371. The number of hydrogen-bond donors (Lipinski definition) is 2. The molecule has 0 aromatic carbocycles. The number of ether oxygens (including phenoxy) is 1. The molecule has 0 aliphatic heterocycles. The normalized spacial score (nSPS) is 13.9. The van der Waals surface area contributed by atoms with E-state index in [1.165, 1.54) is 0 Å². The van der Waals surface area contributed by atoms with Crippen molar-refractivity contribution in [3.8, 4) is 0 Å². The van der Waals surface area contributed by atoms with Gasteiger partial charge in [-0.1, -0.05) is 13.8 Å². The lowest BCUT2D eigenvalue weighted by molar-refractivity contribution is 0.203. The molecular formula is C12H28N4O. The molecular weight excluding hydrogens is 216 g/mol. The molecule has 0 aromatic rings. The summed E-state index contributed by atoms with van der Waals surface area (Å²) in [6.07, 6.45) is 0. The molecule has 0 radical (unpaired) electrons. The monoisotopic (exact) mass is 244 g/mol. The van der Waals surface area contributed by atoms with E-state index in [0.717, 1.165) is 32.1 Å². The van der Waals surface area contributed by atoms with Crippen LogP contribution in [0.25, 0.3) is 0 Å². The molecule has 0 saturated carbocycles. The molecule has 0 aliphatic carbocycles. The Bertz CT molecular complexity index is 205. The fourth-order valence-corrected chi connectivity index (χ4v) is 1.71. The van der Waals surface area contributed by atoms with Crippen LogP contribution in [0, 0.1) is 0 Å². The first-order valence-corrected chi connectivity index (χ1v) is 6.37. The van der Waals surface area contributed by atoms with Crippen LogP contribution in [0.5, 0.6) is 0 Å². The van der Waals surface area contributed by atoms with Crippen molar-refractivity contribution in [2.75, 3.05) is 46.9 Å². The first-order chi connectivity index (χ1) is 8.19. The van der Waals surface area contributed by atoms with E-state index in [0.29, 0.717) is 12.6 Å². The van der Waals surface area contributed by atoms with Crippen molar-refractivity contribution in [2.45, 2.75) is 26.8 Å². The zero-order valence-electron chi connectivity index (χ0n) is 11.9. The Morgan fingerprint density at radius 2 is 1.94 bits per heavy atom. The molecule has 0 saturated heterocycles. The number of guanidine groups is 1. The second-order valence-electron chi connectivity index (χ2n) is 3.94. The third-order valence-electron chi connectivity index (χ3n) is 2.82. The Kier molecular flexibility index (Phi) is 9.86. The average Bonchev–Trinajstić information content (AvgIpc) is 2.35. The molecule has 102 valence electrons. The molecule has 0 heterocycles. The van der Waals surface area contributed by atoms with Gasteiger partial charge in [0.25, 0.3) is 0 Å². The van der Waals surface area contributed by atoms with E-state index < -0.39 is 0 Å². The summed E-state index contributed by atoms with van der Waals surface area (Å²) >= 11 is 0. The SMILES string of the molecule is CCN(CC)C(C)CNC(=NC)NCCOC. The molecule has 1 unspecified atom stereocenters. The molecule has 0 fully saturated rings. The number of nitrogens with one attached hydrogen (secondary N) is 2. The van der Waals surface area contributed by atoms with Crippen LogP contribution in [0.4, 0.5) is 0 Å². The van der Waals surface area contributed by atoms with Gasteiger partial charge >= 0.3 is 0 Å². The van der Waals surface area contributed by atoms with E-state index in [1.54, 1.807) is 14.2 Å². The Morgan fingerprint density at radius 1 is 1.29 bits per heavy atom. The van der Waals surface area contributed by atoms with Crippen LogP contribution in [0.3, 0.4) is 0 Å².